The molecule has 2 nitrogen and oxygen atoms in total. The lowest BCUT2D eigenvalue weighted by Crippen LogP contribution is -2.06. The van der Waals surface area contributed by atoms with Crippen molar-refractivity contribution in [2.45, 2.75) is 18.9 Å². The van der Waals surface area contributed by atoms with Crippen LogP contribution in [0.3, 0.4) is 0 Å². The highest BCUT2D eigenvalue weighted by Gasteiger charge is 2.25. The van der Waals surface area contributed by atoms with Crippen LogP contribution in [0.4, 0.5) is 5.69 Å². The first-order valence-corrected chi connectivity index (χ1v) is 8.03. The summed E-state index contributed by atoms with van der Waals surface area (Å²) in [4.78, 5) is 1.41. The third kappa shape index (κ3) is 2.76. The van der Waals surface area contributed by atoms with Crippen molar-refractivity contribution in [3.8, 4) is 5.75 Å². The van der Waals surface area contributed by atoms with E-state index in [4.69, 9.17) is 16.3 Å². The minimum Gasteiger partial charge on any atom is -0.497 e. The van der Waals surface area contributed by atoms with E-state index in [9.17, 15) is 0 Å². The second-order valence-electron chi connectivity index (χ2n) is 4.54. The fourth-order valence-electron chi connectivity index (χ4n) is 2.45. The van der Waals surface area contributed by atoms with Crippen molar-refractivity contribution < 1.29 is 4.74 Å². The molecule has 19 heavy (non-hydrogen) atoms. The van der Waals surface area contributed by atoms with E-state index in [1.165, 1.54) is 10.4 Å². The maximum atomic E-state index is 6.08. The van der Waals surface area contributed by atoms with E-state index < -0.39 is 0 Å². The van der Waals surface area contributed by atoms with Crippen molar-refractivity contribution in [3.05, 3.63) is 43.5 Å². The molecule has 0 fully saturated rings. The van der Waals surface area contributed by atoms with Gasteiger partial charge in [0.1, 0.15) is 5.75 Å². The highest BCUT2D eigenvalue weighted by Crippen LogP contribution is 2.41. The standard InChI is InChI=1S/C14H13BrClNOS/c1-18-10-5-8(15)4-9(6-10)17-12-2-3-13-11(12)7-14(16)19-13/h4-7,12,17H,2-3H2,1H3. The molecule has 1 aliphatic carbocycles. The van der Waals surface area contributed by atoms with E-state index in [0.29, 0.717) is 6.04 Å². The van der Waals surface area contributed by atoms with Crippen molar-refractivity contribution >= 4 is 44.6 Å². The van der Waals surface area contributed by atoms with Crippen molar-refractivity contribution in [3.63, 3.8) is 0 Å². The molecular weight excluding hydrogens is 346 g/mol. The van der Waals surface area contributed by atoms with Crippen LogP contribution in [0.25, 0.3) is 0 Å². The Morgan fingerprint density at radius 1 is 1.37 bits per heavy atom. The molecule has 1 aromatic carbocycles. The minimum absolute atomic E-state index is 0.345. The fraction of sp³-hybridized carbons (Fsp3) is 0.286. The summed E-state index contributed by atoms with van der Waals surface area (Å²) in [5.41, 5.74) is 2.40. The lowest BCUT2D eigenvalue weighted by Gasteiger charge is -2.15. The first-order valence-electron chi connectivity index (χ1n) is 6.05. The van der Waals surface area contributed by atoms with Crippen LogP contribution in [-0.2, 0) is 6.42 Å². The Bertz CT molecular complexity index is 613. The number of rotatable bonds is 3. The van der Waals surface area contributed by atoms with Crippen molar-refractivity contribution in [1.82, 2.24) is 0 Å². The van der Waals surface area contributed by atoms with Crippen LogP contribution in [0.5, 0.6) is 5.75 Å². The predicted molar refractivity (Wildman–Crippen MR) is 84.7 cm³/mol. The number of aryl methyl sites for hydroxylation is 1. The van der Waals surface area contributed by atoms with Crippen LogP contribution in [-0.4, -0.2) is 7.11 Å². The van der Waals surface area contributed by atoms with Gasteiger partial charge in [0.15, 0.2) is 0 Å². The van der Waals surface area contributed by atoms with Gasteiger partial charge in [-0.3, -0.25) is 0 Å². The quantitative estimate of drug-likeness (QED) is 0.807. The zero-order chi connectivity index (χ0) is 13.4. The van der Waals surface area contributed by atoms with Gasteiger partial charge in [0.05, 0.1) is 17.5 Å². The number of hydrogen-bond donors (Lipinski definition) is 1. The van der Waals surface area contributed by atoms with Gasteiger partial charge in [0.25, 0.3) is 0 Å². The van der Waals surface area contributed by atoms with E-state index in [1.54, 1.807) is 18.4 Å². The van der Waals surface area contributed by atoms with Crippen LogP contribution in [0, 0.1) is 0 Å². The molecule has 1 aliphatic rings. The zero-order valence-electron chi connectivity index (χ0n) is 10.4. The molecule has 3 rings (SSSR count). The van der Waals surface area contributed by atoms with Crippen LogP contribution < -0.4 is 10.1 Å². The van der Waals surface area contributed by atoms with Gasteiger partial charge >= 0.3 is 0 Å². The maximum Gasteiger partial charge on any atom is 0.122 e. The molecule has 5 heteroatoms. The topological polar surface area (TPSA) is 21.3 Å². The molecule has 1 atom stereocenters. The Morgan fingerprint density at radius 3 is 3.00 bits per heavy atom. The van der Waals surface area contributed by atoms with E-state index >= 15 is 0 Å². The first-order chi connectivity index (χ1) is 9.15. The fourth-order valence-corrected chi connectivity index (χ4v) is 4.27. The SMILES string of the molecule is COc1cc(Br)cc(NC2CCc3sc(Cl)cc32)c1. The summed E-state index contributed by atoms with van der Waals surface area (Å²) in [6.07, 6.45) is 2.22. The Balaban J connectivity index is 1.84. The van der Waals surface area contributed by atoms with Gasteiger partial charge in [0, 0.05) is 21.1 Å². The zero-order valence-corrected chi connectivity index (χ0v) is 13.5. The molecule has 0 saturated heterocycles. The lowest BCUT2D eigenvalue weighted by molar-refractivity contribution is 0.414. The minimum atomic E-state index is 0.345. The number of nitrogens with one attached hydrogen (secondary N) is 1. The van der Waals surface area contributed by atoms with Crippen molar-refractivity contribution in [2.24, 2.45) is 0 Å². The molecule has 0 radical (unpaired) electrons. The molecule has 1 aromatic heterocycles. The summed E-state index contributed by atoms with van der Waals surface area (Å²) >= 11 is 11.3. The number of thiophene rings is 1. The molecule has 1 unspecified atom stereocenters. The highest BCUT2D eigenvalue weighted by atomic mass is 79.9. The molecule has 1 N–H and O–H groups in total. The summed E-state index contributed by atoms with van der Waals surface area (Å²) in [5.74, 6) is 0.846. The largest absolute Gasteiger partial charge is 0.497 e. The van der Waals surface area contributed by atoms with Crippen molar-refractivity contribution in [2.75, 3.05) is 12.4 Å². The number of fused-ring (bicyclic) bond motifs is 1. The molecule has 0 amide bonds. The predicted octanol–water partition coefficient (Wildman–Crippen LogP) is 5.27. The van der Waals surface area contributed by atoms with Crippen LogP contribution in [0.1, 0.15) is 22.9 Å². The monoisotopic (exact) mass is 357 g/mol. The Hall–Kier alpha value is -0.710. The molecule has 0 bridgehead atoms. The first kappa shape index (κ1) is 13.3. The average Bonchev–Trinajstić information content (AvgIpc) is 2.89. The molecule has 1 heterocycles. The maximum absolute atomic E-state index is 6.08. The number of benzene rings is 1. The van der Waals surface area contributed by atoms with Gasteiger partial charge in [-0.1, -0.05) is 27.5 Å². The van der Waals surface area contributed by atoms with E-state index in [2.05, 4.69) is 33.4 Å². The summed E-state index contributed by atoms with van der Waals surface area (Å²) in [5, 5.41) is 3.56. The third-order valence-electron chi connectivity index (χ3n) is 3.30. The van der Waals surface area contributed by atoms with Crippen LogP contribution >= 0.6 is 38.9 Å². The van der Waals surface area contributed by atoms with Gasteiger partial charge in [0.2, 0.25) is 0 Å². The summed E-state index contributed by atoms with van der Waals surface area (Å²) in [6, 6.07) is 8.46. The Labute approximate surface area is 129 Å². The second kappa shape index (κ2) is 5.35. The van der Waals surface area contributed by atoms with Gasteiger partial charge < -0.3 is 10.1 Å². The van der Waals surface area contributed by atoms with E-state index in [0.717, 1.165) is 33.1 Å². The molecule has 0 aliphatic heterocycles. The second-order valence-corrected chi connectivity index (χ2v) is 7.23. The number of halogens is 2. The van der Waals surface area contributed by atoms with Crippen LogP contribution in [0.2, 0.25) is 4.34 Å². The smallest absolute Gasteiger partial charge is 0.122 e. The molecular formula is C14H13BrClNOS. The number of methoxy groups -OCH3 is 1. The average molecular weight is 359 g/mol. The molecule has 0 saturated carbocycles. The summed E-state index contributed by atoms with van der Waals surface area (Å²) in [6.45, 7) is 0. The van der Waals surface area contributed by atoms with Gasteiger partial charge in [-0.25, -0.2) is 0 Å². The van der Waals surface area contributed by atoms with Gasteiger partial charge in [-0.15, -0.1) is 11.3 Å². The van der Waals surface area contributed by atoms with E-state index in [-0.39, 0.29) is 0 Å². The van der Waals surface area contributed by atoms with Crippen LogP contribution in [0.15, 0.2) is 28.7 Å². The summed E-state index contributed by atoms with van der Waals surface area (Å²) < 4.78 is 7.17. The van der Waals surface area contributed by atoms with Crippen molar-refractivity contribution in [1.29, 1.82) is 0 Å². The van der Waals surface area contributed by atoms with Gasteiger partial charge in [-0.2, -0.15) is 0 Å². The number of hydrogen-bond acceptors (Lipinski definition) is 3. The number of ether oxygens (including phenoxy) is 1. The normalized spacial score (nSPS) is 17.3. The highest BCUT2D eigenvalue weighted by molar-refractivity contribution is 9.10. The molecule has 2 aromatic rings. The third-order valence-corrected chi connectivity index (χ3v) is 5.09. The molecule has 0 spiro atoms. The Kier molecular flexibility index (Phi) is 3.74. The summed E-state index contributed by atoms with van der Waals surface area (Å²) in [7, 11) is 1.68. The van der Waals surface area contributed by atoms with E-state index in [1.807, 2.05) is 12.1 Å². The lowest BCUT2D eigenvalue weighted by atomic mass is 10.1. The van der Waals surface area contributed by atoms with Gasteiger partial charge in [-0.05, 0) is 36.6 Å². The molecule has 100 valence electrons. The number of anilines is 1. The Morgan fingerprint density at radius 2 is 2.21 bits per heavy atom.